The van der Waals surface area contributed by atoms with Crippen LogP contribution in [0.4, 0.5) is 15.3 Å². The Hall–Kier alpha value is -2.24. The molecule has 0 fully saturated rings. The summed E-state index contributed by atoms with van der Waals surface area (Å²) in [5.41, 5.74) is 5.31. The molecule has 0 bridgehead atoms. The standard InChI is InChI=1S/C10H12N2O4/c1-2-15-10(14)12-7-4-3-5-8(6-7)16-9(11)13/h3-6H,2H2,1H3,(H2,11,13)(H,12,14). The number of carbonyl (C=O) groups excluding carboxylic acids is 2. The molecule has 0 aliphatic heterocycles. The lowest BCUT2D eigenvalue weighted by molar-refractivity contribution is 0.168. The first-order valence-corrected chi connectivity index (χ1v) is 4.63. The van der Waals surface area contributed by atoms with Gasteiger partial charge in [-0.05, 0) is 19.1 Å². The number of primary amides is 1. The molecule has 86 valence electrons. The van der Waals surface area contributed by atoms with Crippen LogP contribution in [0.3, 0.4) is 0 Å². The molecule has 0 spiro atoms. The lowest BCUT2D eigenvalue weighted by Gasteiger charge is -2.06. The van der Waals surface area contributed by atoms with Gasteiger partial charge in [0, 0.05) is 11.8 Å². The number of hydrogen-bond donors (Lipinski definition) is 2. The molecule has 0 saturated heterocycles. The Balaban J connectivity index is 2.67. The quantitative estimate of drug-likeness (QED) is 0.817. The summed E-state index contributed by atoms with van der Waals surface area (Å²) < 4.78 is 9.33. The van der Waals surface area contributed by atoms with E-state index in [9.17, 15) is 9.59 Å². The Morgan fingerprint density at radius 1 is 1.44 bits per heavy atom. The minimum atomic E-state index is -0.909. The fourth-order valence-electron chi connectivity index (χ4n) is 1.04. The number of ether oxygens (including phenoxy) is 2. The van der Waals surface area contributed by atoms with Crippen LogP contribution >= 0.6 is 0 Å². The molecule has 0 atom stereocenters. The number of hydrogen-bond acceptors (Lipinski definition) is 4. The fraction of sp³-hybridized carbons (Fsp3) is 0.200. The molecule has 0 saturated carbocycles. The average molecular weight is 224 g/mol. The fourth-order valence-corrected chi connectivity index (χ4v) is 1.04. The predicted octanol–water partition coefficient (Wildman–Crippen LogP) is 1.71. The average Bonchev–Trinajstić information content (AvgIpc) is 2.17. The molecule has 0 aliphatic carbocycles. The molecule has 2 amide bonds. The topological polar surface area (TPSA) is 90.7 Å². The van der Waals surface area contributed by atoms with E-state index >= 15 is 0 Å². The zero-order valence-corrected chi connectivity index (χ0v) is 8.73. The summed E-state index contributed by atoms with van der Waals surface area (Å²) in [6.07, 6.45) is -1.48. The summed E-state index contributed by atoms with van der Waals surface area (Å²) in [5, 5.41) is 2.46. The van der Waals surface area contributed by atoms with Gasteiger partial charge in [-0.2, -0.15) is 0 Å². The maximum absolute atomic E-state index is 11.1. The van der Waals surface area contributed by atoms with Gasteiger partial charge < -0.3 is 15.2 Å². The monoisotopic (exact) mass is 224 g/mol. The largest absolute Gasteiger partial charge is 0.450 e. The van der Waals surface area contributed by atoms with Crippen molar-refractivity contribution < 1.29 is 19.1 Å². The minimum absolute atomic E-state index is 0.252. The van der Waals surface area contributed by atoms with Gasteiger partial charge in [-0.15, -0.1) is 0 Å². The van der Waals surface area contributed by atoms with Crippen molar-refractivity contribution in [2.24, 2.45) is 5.73 Å². The SMILES string of the molecule is CCOC(=O)Nc1cccc(OC(N)=O)c1. The zero-order chi connectivity index (χ0) is 12.0. The second kappa shape index (κ2) is 5.59. The Labute approximate surface area is 92.3 Å². The smallest absolute Gasteiger partial charge is 0.411 e. The normalized spacial score (nSPS) is 9.31. The Kier molecular flexibility index (Phi) is 4.14. The number of anilines is 1. The van der Waals surface area contributed by atoms with E-state index in [0.717, 1.165) is 0 Å². The van der Waals surface area contributed by atoms with Gasteiger partial charge in [-0.1, -0.05) is 6.07 Å². The summed E-state index contributed by atoms with van der Waals surface area (Å²) >= 11 is 0. The molecule has 6 heteroatoms. The van der Waals surface area contributed by atoms with Gasteiger partial charge in [0.2, 0.25) is 0 Å². The van der Waals surface area contributed by atoms with E-state index in [1.165, 1.54) is 6.07 Å². The number of benzene rings is 1. The molecule has 0 aliphatic rings. The van der Waals surface area contributed by atoms with Crippen LogP contribution in [-0.4, -0.2) is 18.8 Å². The van der Waals surface area contributed by atoms with E-state index in [0.29, 0.717) is 5.69 Å². The van der Waals surface area contributed by atoms with Crippen molar-refractivity contribution >= 4 is 17.9 Å². The highest BCUT2D eigenvalue weighted by Crippen LogP contribution is 2.17. The Bertz CT molecular complexity index is 392. The van der Waals surface area contributed by atoms with Crippen LogP contribution in [0.1, 0.15) is 6.92 Å². The second-order valence-electron chi connectivity index (χ2n) is 2.79. The zero-order valence-electron chi connectivity index (χ0n) is 8.73. The maximum atomic E-state index is 11.1. The van der Waals surface area contributed by atoms with Crippen molar-refractivity contribution in [3.8, 4) is 5.75 Å². The van der Waals surface area contributed by atoms with Crippen molar-refractivity contribution in [2.75, 3.05) is 11.9 Å². The minimum Gasteiger partial charge on any atom is -0.450 e. The van der Waals surface area contributed by atoms with Gasteiger partial charge in [0.1, 0.15) is 5.75 Å². The summed E-state index contributed by atoms with van der Waals surface area (Å²) in [6, 6.07) is 6.24. The Morgan fingerprint density at radius 2 is 2.19 bits per heavy atom. The first kappa shape index (κ1) is 11.8. The van der Waals surface area contributed by atoms with Crippen molar-refractivity contribution in [3.05, 3.63) is 24.3 Å². The highest BCUT2D eigenvalue weighted by molar-refractivity contribution is 5.85. The molecule has 3 N–H and O–H groups in total. The predicted molar refractivity (Wildman–Crippen MR) is 57.3 cm³/mol. The third-order valence-corrected chi connectivity index (χ3v) is 1.57. The third-order valence-electron chi connectivity index (χ3n) is 1.57. The molecule has 1 aromatic rings. The van der Waals surface area contributed by atoms with Crippen LogP contribution in [-0.2, 0) is 4.74 Å². The van der Waals surface area contributed by atoms with Crippen LogP contribution in [0.2, 0.25) is 0 Å². The molecular formula is C10H12N2O4. The summed E-state index contributed by atoms with van der Waals surface area (Å²) in [4.78, 5) is 21.6. The first-order chi connectivity index (χ1) is 7.61. The lowest BCUT2D eigenvalue weighted by atomic mass is 10.3. The highest BCUT2D eigenvalue weighted by atomic mass is 16.6. The molecule has 6 nitrogen and oxygen atoms in total. The number of nitrogens with two attached hydrogens (primary N) is 1. The van der Waals surface area contributed by atoms with Crippen molar-refractivity contribution in [2.45, 2.75) is 6.92 Å². The van der Waals surface area contributed by atoms with Crippen LogP contribution in [0.15, 0.2) is 24.3 Å². The van der Waals surface area contributed by atoms with Crippen LogP contribution in [0, 0.1) is 0 Å². The number of rotatable bonds is 3. The Morgan fingerprint density at radius 3 is 2.81 bits per heavy atom. The number of amides is 2. The summed E-state index contributed by atoms with van der Waals surface area (Å²) in [5.74, 6) is 0.252. The van der Waals surface area contributed by atoms with E-state index in [-0.39, 0.29) is 12.4 Å². The maximum Gasteiger partial charge on any atom is 0.411 e. The van der Waals surface area contributed by atoms with Crippen molar-refractivity contribution in [1.82, 2.24) is 0 Å². The van der Waals surface area contributed by atoms with Gasteiger partial charge >= 0.3 is 12.2 Å². The van der Waals surface area contributed by atoms with E-state index in [1.807, 2.05) is 0 Å². The van der Waals surface area contributed by atoms with Gasteiger partial charge in [0.25, 0.3) is 0 Å². The van der Waals surface area contributed by atoms with Crippen molar-refractivity contribution in [3.63, 3.8) is 0 Å². The molecule has 1 rings (SSSR count). The first-order valence-electron chi connectivity index (χ1n) is 4.63. The van der Waals surface area contributed by atoms with Gasteiger partial charge in [-0.25, -0.2) is 9.59 Å². The second-order valence-corrected chi connectivity index (χ2v) is 2.79. The third kappa shape index (κ3) is 3.87. The van der Waals surface area contributed by atoms with E-state index in [1.54, 1.807) is 25.1 Å². The van der Waals surface area contributed by atoms with Gasteiger partial charge in [0.15, 0.2) is 0 Å². The highest BCUT2D eigenvalue weighted by Gasteiger charge is 2.04. The van der Waals surface area contributed by atoms with E-state index in [4.69, 9.17) is 5.73 Å². The molecule has 16 heavy (non-hydrogen) atoms. The van der Waals surface area contributed by atoms with Crippen LogP contribution in [0.5, 0.6) is 5.75 Å². The van der Waals surface area contributed by atoms with Crippen LogP contribution < -0.4 is 15.8 Å². The molecule has 1 aromatic carbocycles. The van der Waals surface area contributed by atoms with Gasteiger partial charge in [-0.3, -0.25) is 5.32 Å². The van der Waals surface area contributed by atoms with Crippen molar-refractivity contribution in [1.29, 1.82) is 0 Å². The lowest BCUT2D eigenvalue weighted by Crippen LogP contribution is -2.17. The molecule has 0 radical (unpaired) electrons. The van der Waals surface area contributed by atoms with E-state index < -0.39 is 12.2 Å². The summed E-state index contributed by atoms with van der Waals surface area (Å²) in [6.45, 7) is 1.98. The number of nitrogens with one attached hydrogen (secondary N) is 1. The van der Waals surface area contributed by atoms with E-state index in [2.05, 4.69) is 14.8 Å². The van der Waals surface area contributed by atoms with Gasteiger partial charge in [0.05, 0.1) is 6.61 Å². The number of carbonyl (C=O) groups is 2. The molecular weight excluding hydrogens is 212 g/mol. The summed E-state index contributed by atoms with van der Waals surface area (Å²) in [7, 11) is 0. The molecule has 0 unspecified atom stereocenters. The molecule has 0 heterocycles. The molecule has 0 aromatic heterocycles. The van der Waals surface area contributed by atoms with Crippen LogP contribution in [0.25, 0.3) is 0 Å².